The molecule has 1 heterocycles. The first-order valence-electron chi connectivity index (χ1n) is 3.73. The summed E-state index contributed by atoms with van der Waals surface area (Å²) in [5, 5.41) is 0. The largest absolute Gasteiger partial charge is 0.379 e. The van der Waals surface area contributed by atoms with Gasteiger partial charge in [0.05, 0.1) is 6.10 Å². The van der Waals surface area contributed by atoms with Gasteiger partial charge in [-0.25, -0.2) is 0 Å². The fourth-order valence-electron chi connectivity index (χ4n) is 1.23. The summed E-state index contributed by atoms with van der Waals surface area (Å²) < 4.78 is 5.12. The molecule has 3 nitrogen and oxygen atoms in total. The first kappa shape index (κ1) is 7.98. The minimum atomic E-state index is 0.290. The molecular formula is C7H16N2O. The van der Waals surface area contributed by atoms with Gasteiger partial charge in [-0.05, 0) is 6.92 Å². The Balaban J connectivity index is 2.03. The van der Waals surface area contributed by atoms with Crippen molar-refractivity contribution in [2.45, 2.75) is 19.1 Å². The van der Waals surface area contributed by atoms with Gasteiger partial charge in [-0.1, -0.05) is 0 Å². The third-order valence-electron chi connectivity index (χ3n) is 1.80. The van der Waals surface area contributed by atoms with E-state index in [9.17, 15) is 0 Å². The second kappa shape index (κ2) is 3.32. The fourth-order valence-corrected chi connectivity index (χ4v) is 1.23. The zero-order chi connectivity index (χ0) is 7.56. The minimum absolute atomic E-state index is 0.290. The number of nitrogens with two attached hydrogens (primary N) is 1. The first-order chi connectivity index (χ1) is 4.72. The van der Waals surface area contributed by atoms with E-state index in [-0.39, 0.29) is 6.04 Å². The zero-order valence-corrected chi connectivity index (χ0v) is 6.71. The smallest absolute Gasteiger partial charge is 0.0824 e. The van der Waals surface area contributed by atoms with Gasteiger partial charge >= 0.3 is 0 Å². The molecule has 0 aliphatic carbocycles. The van der Waals surface area contributed by atoms with Crippen LogP contribution in [0.4, 0.5) is 0 Å². The molecule has 60 valence electrons. The molecule has 1 fully saturated rings. The Morgan fingerprint density at radius 1 is 1.70 bits per heavy atom. The van der Waals surface area contributed by atoms with E-state index in [1.807, 2.05) is 6.92 Å². The van der Waals surface area contributed by atoms with Gasteiger partial charge in [0, 0.05) is 32.8 Å². The fraction of sp³-hybridized carbons (Fsp3) is 1.00. The molecule has 0 bridgehead atoms. The molecule has 1 aliphatic heterocycles. The second-order valence-corrected chi connectivity index (χ2v) is 3.05. The molecule has 0 spiro atoms. The van der Waals surface area contributed by atoms with Crippen LogP contribution in [-0.4, -0.2) is 43.8 Å². The predicted molar refractivity (Wildman–Crippen MR) is 40.9 cm³/mol. The Hall–Kier alpha value is -0.120. The summed E-state index contributed by atoms with van der Waals surface area (Å²) >= 11 is 0. The minimum Gasteiger partial charge on any atom is -0.379 e. The average Bonchev–Trinajstić information content (AvgIpc) is 1.76. The molecule has 0 aromatic carbocycles. The van der Waals surface area contributed by atoms with Gasteiger partial charge in [0.15, 0.2) is 0 Å². The molecule has 1 aliphatic rings. The van der Waals surface area contributed by atoms with Crippen LogP contribution < -0.4 is 5.73 Å². The summed E-state index contributed by atoms with van der Waals surface area (Å²) in [5.74, 6) is 0. The molecule has 1 rings (SSSR count). The summed E-state index contributed by atoms with van der Waals surface area (Å²) in [6.07, 6.45) is 0.457. The molecule has 2 N–H and O–H groups in total. The maximum Gasteiger partial charge on any atom is 0.0824 e. The highest BCUT2D eigenvalue weighted by molar-refractivity contribution is 4.81. The van der Waals surface area contributed by atoms with Crippen LogP contribution in [0.2, 0.25) is 0 Å². The van der Waals surface area contributed by atoms with Crippen molar-refractivity contribution in [2.75, 3.05) is 26.7 Å². The van der Waals surface area contributed by atoms with E-state index in [0.29, 0.717) is 6.10 Å². The molecule has 0 amide bonds. The van der Waals surface area contributed by atoms with E-state index in [0.717, 1.165) is 19.6 Å². The lowest BCUT2D eigenvalue weighted by Gasteiger charge is -2.38. The van der Waals surface area contributed by atoms with Crippen LogP contribution in [0.25, 0.3) is 0 Å². The molecule has 3 heteroatoms. The highest BCUT2D eigenvalue weighted by Crippen LogP contribution is 2.09. The maximum atomic E-state index is 5.61. The zero-order valence-electron chi connectivity index (χ0n) is 6.71. The number of hydrogen-bond acceptors (Lipinski definition) is 3. The van der Waals surface area contributed by atoms with Crippen molar-refractivity contribution >= 4 is 0 Å². The molecular weight excluding hydrogens is 128 g/mol. The van der Waals surface area contributed by atoms with Crippen molar-refractivity contribution in [2.24, 2.45) is 5.73 Å². The Bertz CT molecular complexity index is 99.8. The average molecular weight is 144 g/mol. The van der Waals surface area contributed by atoms with Crippen molar-refractivity contribution in [3.63, 3.8) is 0 Å². The van der Waals surface area contributed by atoms with Crippen molar-refractivity contribution in [1.29, 1.82) is 0 Å². The standard InChI is InChI=1S/C7H16N2O/c1-6(8)3-9-4-7(5-9)10-2/h6-7H,3-5,8H2,1-2H3. The van der Waals surface area contributed by atoms with Gasteiger partial charge in [-0.3, -0.25) is 4.90 Å². The van der Waals surface area contributed by atoms with Gasteiger partial charge in [0.1, 0.15) is 0 Å². The Morgan fingerprint density at radius 2 is 2.30 bits per heavy atom. The van der Waals surface area contributed by atoms with E-state index >= 15 is 0 Å². The summed E-state index contributed by atoms with van der Waals surface area (Å²) in [6, 6.07) is 0.290. The molecule has 1 unspecified atom stereocenters. The number of rotatable bonds is 3. The first-order valence-corrected chi connectivity index (χ1v) is 3.73. The lowest BCUT2D eigenvalue weighted by molar-refractivity contribution is -0.0307. The topological polar surface area (TPSA) is 38.5 Å². The number of nitrogens with zero attached hydrogens (tertiary/aromatic N) is 1. The van der Waals surface area contributed by atoms with Gasteiger partial charge in [-0.15, -0.1) is 0 Å². The highest BCUT2D eigenvalue weighted by Gasteiger charge is 2.26. The maximum absolute atomic E-state index is 5.61. The van der Waals surface area contributed by atoms with Gasteiger partial charge in [0.25, 0.3) is 0 Å². The van der Waals surface area contributed by atoms with Crippen LogP contribution in [-0.2, 0) is 4.74 Å². The number of hydrogen-bond donors (Lipinski definition) is 1. The summed E-state index contributed by atoms with van der Waals surface area (Å²) in [7, 11) is 1.76. The SMILES string of the molecule is COC1CN(CC(C)N)C1. The lowest BCUT2D eigenvalue weighted by atomic mass is 10.1. The normalized spacial score (nSPS) is 24.3. The molecule has 0 saturated carbocycles. The molecule has 0 radical (unpaired) electrons. The Morgan fingerprint density at radius 3 is 2.70 bits per heavy atom. The van der Waals surface area contributed by atoms with Crippen molar-refractivity contribution < 1.29 is 4.74 Å². The molecule has 0 aromatic rings. The van der Waals surface area contributed by atoms with Crippen molar-refractivity contribution in [1.82, 2.24) is 4.90 Å². The third-order valence-corrected chi connectivity index (χ3v) is 1.80. The van der Waals surface area contributed by atoms with Crippen LogP contribution in [0.1, 0.15) is 6.92 Å². The monoisotopic (exact) mass is 144 g/mol. The van der Waals surface area contributed by atoms with Crippen LogP contribution in [0.5, 0.6) is 0 Å². The van der Waals surface area contributed by atoms with E-state index < -0.39 is 0 Å². The van der Waals surface area contributed by atoms with E-state index in [1.165, 1.54) is 0 Å². The quantitative estimate of drug-likeness (QED) is 0.589. The number of ether oxygens (including phenoxy) is 1. The summed E-state index contributed by atoms with van der Waals surface area (Å²) in [6.45, 7) is 5.13. The second-order valence-electron chi connectivity index (χ2n) is 3.05. The third kappa shape index (κ3) is 1.94. The van der Waals surface area contributed by atoms with Gasteiger partial charge < -0.3 is 10.5 Å². The van der Waals surface area contributed by atoms with Gasteiger partial charge in [-0.2, -0.15) is 0 Å². The number of likely N-dealkylation sites (tertiary alicyclic amines) is 1. The molecule has 1 atom stereocenters. The van der Waals surface area contributed by atoms with E-state index in [4.69, 9.17) is 10.5 Å². The van der Waals surface area contributed by atoms with Crippen LogP contribution in [0.15, 0.2) is 0 Å². The van der Waals surface area contributed by atoms with Crippen LogP contribution in [0, 0.1) is 0 Å². The van der Waals surface area contributed by atoms with Crippen LogP contribution in [0.3, 0.4) is 0 Å². The van der Waals surface area contributed by atoms with Crippen molar-refractivity contribution in [3.8, 4) is 0 Å². The summed E-state index contributed by atoms with van der Waals surface area (Å²) in [4.78, 5) is 2.30. The summed E-state index contributed by atoms with van der Waals surface area (Å²) in [5.41, 5.74) is 5.61. The molecule has 1 saturated heterocycles. The lowest BCUT2D eigenvalue weighted by Crippen LogP contribution is -2.54. The Labute approximate surface area is 62.1 Å². The van der Waals surface area contributed by atoms with Crippen LogP contribution >= 0.6 is 0 Å². The highest BCUT2D eigenvalue weighted by atomic mass is 16.5. The predicted octanol–water partition coefficient (Wildman–Crippen LogP) is -0.336. The molecule has 10 heavy (non-hydrogen) atoms. The van der Waals surface area contributed by atoms with E-state index in [2.05, 4.69) is 4.90 Å². The van der Waals surface area contributed by atoms with Crippen molar-refractivity contribution in [3.05, 3.63) is 0 Å². The van der Waals surface area contributed by atoms with E-state index in [1.54, 1.807) is 7.11 Å². The number of methoxy groups -OCH3 is 1. The molecule has 0 aromatic heterocycles. The Kier molecular flexibility index (Phi) is 2.65. The van der Waals surface area contributed by atoms with Gasteiger partial charge in [0.2, 0.25) is 0 Å².